The van der Waals surface area contributed by atoms with E-state index in [4.69, 9.17) is 18.7 Å². The first-order valence-electron chi connectivity index (χ1n) is 4.72. The van der Waals surface area contributed by atoms with Crippen molar-refractivity contribution in [3.63, 3.8) is 0 Å². The van der Waals surface area contributed by atoms with E-state index in [2.05, 4.69) is 0 Å². The SMILES string of the molecule is CC(C)(O)COc1ccc([As](O)O)cc1N. The van der Waals surface area contributed by atoms with Crippen molar-refractivity contribution in [2.24, 2.45) is 0 Å². The first-order valence-corrected chi connectivity index (χ1v) is 7.34. The molecule has 0 aliphatic rings. The molecule has 90 valence electrons. The third kappa shape index (κ3) is 4.02. The zero-order chi connectivity index (χ0) is 12.3. The van der Waals surface area contributed by atoms with E-state index in [1.807, 2.05) is 0 Å². The van der Waals surface area contributed by atoms with Crippen LogP contribution in [-0.4, -0.2) is 40.8 Å². The number of rotatable bonds is 4. The van der Waals surface area contributed by atoms with Gasteiger partial charge in [0.2, 0.25) is 0 Å². The summed E-state index contributed by atoms with van der Waals surface area (Å²) in [5.74, 6) is 0.432. The third-order valence-corrected chi connectivity index (χ3v) is 3.36. The van der Waals surface area contributed by atoms with E-state index in [0.29, 0.717) is 15.8 Å². The van der Waals surface area contributed by atoms with Crippen molar-refractivity contribution in [3.8, 4) is 5.75 Å². The van der Waals surface area contributed by atoms with Gasteiger partial charge in [-0.25, -0.2) is 0 Å². The molecular formula is C10H16AsNO4. The molecule has 1 aromatic carbocycles. The Balaban J connectivity index is 2.76. The summed E-state index contributed by atoms with van der Waals surface area (Å²) >= 11 is -2.88. The average molecular weight is 289 g/mol. The third-order valence-electron chi connectivity index (χ3n) is 1.81. The van der Waals surface area contributed by atoms with Crippen molar-refractivity contribution >= 4 is 25.4 Å². The van der Waals surface area contributed by atoms with Crippen LogP contribution < -0.4 is 14.8 Å². The Morgan fingerprint density at radius 1 is 1.38 bits per heavy atom. The monoisotopic (exact) mass is 289 g/mol. The van der Waals surface area contributed by atoms with Crippen LogP contribution in [0.15, 0.2) is 18.2 Å². The predicted molar refractivity (Wildman–Crippen MR) is 62.5 cm³/mol. The van der Waals surface area contributed by atoms with Crippen LogP contribution in [0.3, 0.4) is 0 Å². The number of aliphatic hydroxyl groups is 1. The molecule has 0 saturated heterocycles. The van der Waals surface area contributed by atoms with Gasteiger partial charge in [0.05, 0.1) is 0 Å². The van der Waals surface area contributed by atoms with Crippen molar-refractivity contribution in [2.75, 3.05) is 12.3 Å². The number of hydrogen-bond acceptors (Lipinski definition) is 5. The van der Waals surface area contributed by atoms with E-state index in [1.54, 1.807) is 26.0 Å². The number of benzene rings is 1. The number of nitrogens with two attached hydrogens (primary N) is 1. The van der Waals surface area contributed by atoms with Gasteiger partial charge in [-0.05, 0) is 0 Å². The molecule has 0 aliphatic heterocycles. The van der Waals surface area contributed by atoms with Crippen LogP contribution in [-0.2, 0) is 0 Å². The van der Waals surface area contributed by atoms with Crippen LogP contribution in [0.2, 0.25) is 0 Å². The Morgan fingerprint density at radius 2 is 2.00 bits per heavy atom. The number of hydrogen-bond donors (Lipinski definition) is 4. The molecule has 0 atom stereocenters. The zero-order valence-electron chi connectivity index (χ0n) is 9.21. The standard InChI is InChI=1S/C10H16AsNO4/c1-10(2,13)6-16-9-4-3-7(11(14)15)5-8(9)12/h3-5,13-15H,6,12H2,1-2H3. The van der Waals surface area contributed by atoms with Crippen molar-refractivity contribution in [1.82, 2.24) is 0 Å². The first kappa shape index (κ1) is 13.3. The van der Waals surface area contributed by atoms with E-state index < -0.39 is 20.9 Å². The molecule has 0 aromatic heterocycles. The number of ether oxygens (including phenoxy) is 1. The van der Waals surface area contributed by atoms with E-state index in [1.165, 1.54) is 6.07 Å². The van der Waals surface area contributed by atoms with Crippen LogP contribution in [0.25, 0.3) is 0 Å². The summed E-state index contributed by atoms with van der Waals surface area (Å²) in [5, 5.41) is 9.47. The summed E-state index contributed by atoms with van der Waals surface area (Å²) in [5.41, 5.74) is 5.09. The van der Waals surface area contributed by atoms with Crippen molar-refractivity contribution in [1.29, 1.82) is 0 Å². The molecule has 0 fully saturated rings. The van der Waals surface area contributed by atoms with Gasteiger partial charge in [-0.1, -0.05) is 0 Å². The Morgan fingerprint density at radius 3 is 2.44 bits per heavy atom. The second-order valence-electron chi connectivity index (χ2n) is 4.11. The van der Waals surface area contributed by atoms with Gasteiger partial charge in [0.1, 0.15) is 0 Å². The second-order valence-corrected chi connectivity index (χ2v) is 6.41. The minimum atomic E-state index is -2.88. The molecule has 0 bridgehead atoms. The quantitative estimate of drug-likeness (QED) is 0.425. The molecule has 0 spiro atoms. The summed E-state index contributed by atoms with van der Waals surface area (Å²) in [4.78, 5) is 0. The molecule has 5 N–H and O–H groups in total. The van der Waals surface area contributed by atoms with Crippen molar-refractivity contribution in [2.45, 2.75) is 19.4 Å². The van der Waals surface area contributed by atoms with Crippen LogP contribution in [0.5, 0.6) is 5.75 Å². The van der Waals surface area contributed by atoms with E-state index in [9.17, 15) is 5.11 Å². The average Bonchev–Trinajstić information content (AvgIpc) is 2.14. The Hall–Kier alpha value is -0.742. The van der Waals surface area contributed by atoms with E-state index in [-0.39, 0.29) is 6.61 Å². The molecule has 6 heteroatoms. The Kier molecular flexibility index (Phi) is 4.21. The molecule has 0 heterocycles. The summed E-state index contributed by atoms with van der Waals surface area (Å²) < 4.78 is 23.9. The van der Waals surface area contributed by atoms with Gasteiger partial charge < -0.3 is 0 Å². The van der Waals surface area contributed by atoms with Gasteiger partial charge in [-0.3, -0.25) is 0 Å². The van der Waals surface area contributed by atoms with Gasteiger partial charge in [-0.15, -0.1) is 0 Å². The predicted octanol–water partition coefficient (Wildman–Crippen LogP) is -0.902. The molecule has 0 saturated carbocycles. The second kappa shape index (κ2) is 5.06. The molecule has 5 nitrogen and oxygen atoms in total. The summed E-state index contributed by atoms with van der Waals surface area (Å²) in [6.45, 7) is 3.38. The zero-order valence-corrected chi connectivity index (χ0v) is 11.1. The van der Waals surface area contributed by atoms with E-state index >= 15 is 0 Å². The fraction of sp³-hybridized carbons (Fsp3) is 0.400. The van der Waals surface area contributed by atoms with Gasteiger partial charge in [0.25, 0.3) is 0 Å². The summed E-state index contributed by atoms with van der Waals surface area (Å²) in [6.07, 6.45) is 0. The first-order chi connectivity index (χ1) is 7.29. The van der Waals surface area contributed by atoms with Gasteiger partial charge in [-0.2, -0.15) is 0 Å². The molecule has 0 radical (unpaired) electrons. The van der Waals surface area contributed by atoms with Crippen molar-refractivity contribution in [3.05, 3.63) is 18.2 Å². The molecular weight excluding hydrogens is 273 g/mol. The normalized spacial score (nSPS) is 11.9. The molecule has 0 amide bonds. The molecule has 0 unspecified atom stereocenters. The Labute approximate surface area is 99.4 Å². The summed E-state index contributed by atoms with van der Waals surface area (Å²) in [6, 6.07) is 4.63. The fourth-order valence-electron chi connectivity index (χ4n) is 1.05. The van der Waals surface area contributed by atoms with Gasteiger partial charge in [0.15, 0.2) is 0 Å². The number of nitrogen functional groups attached to an aromatic ring is 1. The molecule has 16 heavy (non-hydrogen) atoms. The van der Waals surface area contributed by atoms with E-state index in [0.717, 1.165) is 0 Å². The fourth-order valence-corrected chi connectivity index (χ4v) is 2.02. The van der Waals surface area contributed by atoms with Crippen LogP contribution in [0, 0.1) is 0 Å². The Bertz CT molecular complexity index is 362. The topological polar surface area (TPSA) is 95.9 Å². The van der Waals surface area contributed by atoms with Crippen molar-refractivity contribution < 1.29 is 18.0 Å². The molecule has 0 aliphatic carbocycles. The summed E-state index contributed by atoms with van der Waals surface area (Å²) in [7, 11) is 0. The maximum atomic E-state index is 9.47. The molecule has 1 aromatic rings. The minimum absolute atomic E-state index is 0.121. The maximum absolute atomic E-state index is 9.47. The molecule has 1 rings (SSSR count). The van der Waals surface area contributed by atoms with Crippen LogP contribution in [0.4, 0.5) is 5.69 Å². The van der Waals surface area contributed by atoms with Crippen LogP contribution in [0.1, 0.15) is 13.8 Å². The number of anilines is 1. The van der Waals surface area contributed by atoms with Gasteiger partial charge in [0, 0.05) is 0 Å². The van der Waals surface area contributed by atoms with Gasteiger partial charge >= 0.3 is 99.1 Å². The van der Waals surface area contributed by atoms with Crippen LogP contribution >= 0.6 is 0 Å².